The Kier molecular flexibility index (Phi) is 7.84. The Bertz CT molecular complexity index is 952. The first-order valence-electron chi connectivity index (χ1n) is 10.9. The number of hydrogen-bond acceptors (Lipinski definition) is 4. The van der Waals surface area contributed by atoms with E-state index in [4.69, 9.17) is 9.90 Å². The average Bonchev–Trinajstić information content (AvgIpc) is 3.37. The summed E-state index contributed by atoms with van der Waals surface area (Å²) in [6.07, 6.45) is -0.881. The van der Waals surface area contributed by atoms with Gasteiger partial charge < -0.3 is 10.0 Å². The fraction of sp³-hybridized carbons (Fsp3) is 0.500. The molecule has 0 radical (unpaired) electrons. The molecule has 1 atom stereocenters. The summed E-state index contributed by atoms with van der Waals surface area (Å²) in [5.41, 5.74) is 3.22. The Hall–Kier alpha value is -2.39. The predicted octanol–water partition coefficient (Wildman–Crippen LogP) is 4.88. The molecule has 1 aliphatic carbocycles. The van der Waals surface area contributed by atoms with E-state index in [-0.39, 0.29) is 11.3 Å². The van der Waals surface area contributed by atoms with Crippen molar-refractivity contribution < 1.29 is 27.9 Å². The van der Waals surface area contributed by atoms with E-state index in [0.717, 1.165) is 26.1 Å². The highest BCUT2D eigenvalue weighted by molar-refractivity contribution is 7.09. The van der Waals surface area contributed by atoms with Crippen molar-refractivity contribution in [3.05, 3.63) is 57.8 Å². The van der Waals surface area contributed by atoms with Crippen LogP contribution >= 0.6 is 11.3 Å². The van der Waals surface area contributed by atoms with Crippen LogP contribution in [-0.4, -0.2) is 60.1 Å². The average molecular weight is 483 g/mol. The number of piperidine rings is 1. The predicted molar refractivity (Wildman–Crippen MR) is 121 cm³/mol. The first-order chi connectivity index (χ1) is 15.5. The molecule has 180 valence electrons. The molecular formula is C24H29F3N2O3S. The van der Waals surface area contributed by atoms with Gasteiger partial charge in [0.05, 0.1) is 0 Å². The summed E-state index contributed by atoms with van der Waals surface area (Å²) in [5.74, 6) is -2.13. The fourth-order valence-corrected chi connectivity index (χ4v) is 5.58. The van der Waals surface area contributed by atoms with Gasteiger partial charge in [0.15, 0.2) is 0 Å². The Morgan fingerprint density at radius 2 is 1.79 bits per heavy atom. The SMILES string of the molecule is CN(C)C(=O)CC1CC2(CCN(Cc3cccs3)CC2)c2ccccc21.O=C(O)C(F)(F)F. The number of carbonyl (C=O) groups excluding carboxylic acids is 1. The van der Waals surface area contributed by atoms with Gasteiger partial charge in [0.25, 0.3) is 0 Å². The molecule has 2 aromatic rings. The number of carboxylic acid groups (broad SMARTS) is 1. The van der Waals surface area contributed by atoms with Crippen molar-refractivity contribution in [3.63, 3.8) is 0 Å². The number of nitrogens with zero attached hydrogens (tertiary/aromatic N) is 2. The number of aliphatic carboxylic acids is 1. The molecule has 1 N–H and O–H groups in total. The molecule has 33 heavy (non-hydrogen) atoms. The van der Waals surface area contributed by atoms with Crippen LogP contribution in [0.15, 0.2) is 41.8 Å². The van der Waals surface area contributed by atoms with Crippen molar-refractivity contribution in [2.75, 3.05) is 27.2 Å². The topological polar surface area (TPSA) is 60.9 Å². The lowest BCUT2D eigenvalue weighted by Crippen LogP contribution is -2.41. The van der Waals surface area contributed by atoms with Crippen LogP contribution in [0.5, 0.6) is 0 Å². The molecular weight excluding hydrogens is 453 g/mol. The Morgan fingerprint density at radius 1 is 1.15 bits per heavy atom. The number of benzene rings is 1. The molecule has 0 bridgehead atoms. The molecule has 0 saturated carbocycles. The van der Waals surface area contributed by atoms with E-state index in [1.165, 1.54) is 28.8 Å². The quantitative estimate of drug-likeness (QED) is 0.675. The number of hydrogen-bond donors (Lipinski definition) is 1. The Morgan fingerprint density at radius 3 is 2.33 bits per heavy atom. The third-order valence-corrected chi connectivity index (χ3v) is 7.41. The fourth-order valence-electron chi connectivity index (χ4n) is 4.84. The molecule has 1 spiro atoms. The zero-order valence-corrected chi connectivity index (χ0v) is 19.6. The summed E-state index contributed by atoms with van der Waals surface area (Å²) >= 11 is 1.85. The van der Waals surface area contributed by atoms with Crippen molar-refractivity contribution in [1.29, 1.82) is 0 Å². The van der Waals surface area contributed by atoms with E-state index in [0.29, 0.717) is 12.3 Å². The van der Waals surface area contributed by atoms with Gasteiger partial charge in [-0.15, -0.1) is 11.3 Å². The maximum absolute atomic E-state index is 12.3. The summed E-state index contributed by atoms with van der Waals surface area (Å²) in [4.78, 5) is 27.0. The van der Waals surface area contributed by atoms with Gasteiger partial charge in [-0.2, -0.15) is 13.2 Å². The standard InChI is InChI=1S/C22H28N2OS.C2HF3O2/c1-23(2)21(25)14-17-15-22(20-8-4-3-7-19(17)20)9-11-24(12-10-22)16-18-6-5-13-26-18;3-2(4,5)1(6)7/h3-8,13,17H,9-12,14-16H2,1-2H3;(H,6,7). The first kappa shape index (κ1) is 25.2. The van der Waals surface area contributed by atoms with Gasteiger partial charge in [-0.1, -0.05) is 30.3 Å². The number of alkyl halides is 3. The summed E-state index contributed by atoms with van der Waals surface area (Å²) in [5, 5.41) is 9.29. The van der Waals surface area contributed by atoms with Crippen molar-refractivity contribution in [3.8, 4) is 0 Å². The van der Waals surface area contributed by atoms with Crippen LogP contribution in [-0.2, 0) is 21.5 Å². The normalized spacial score (nSPS) is 19.5. The van der Waals surface area contributed by atoms with Gasteiger partial charge in [0, 0.05) is 31.9 Å². The van der Waals surface area contributed by atoms with Crippen LogP contribution in [0.2, 0.25) is 0 Å². The number of amides is 1. The molecule has 1 aromatic heterocycles. The minimum Gasteiger partial charge on any atom is -0.475 e. The van der Waals surface area contributed by atoms with Gasteiger partial charge in [-0.3, -0.25) is 9.69 Å². The van der Waals surface area contributed by atoms with Crippen LogP contribution in [0, 0.1) is 0 Å². The number of thiophene rings is 1. The molecule has 1 aliphatic heterocycles. The lowest BCUT2D eigenvalue weighted by molar-refractivity contribution is -0.192. The highest BCUT2D eigenvalue weighted by Crippen LogP contribution is 2.52. The van der Waals surface area contributed by atoms with Gasteiger partial charge >= 0.3 is 12.1 Å². The number of halogens is 3. The molecule has 5 nitrogen and oxygen atoms in total. The van der Waals surface area contributed by atoms with Crippen LogP contribution in [0.1, 0.15) is 47.6 Å². The second-order valence-electron chi connectivity index (χ2n) is 8.92. The molecule has 9 heteroatoms. The van der Waals surface area contributed by atoms with E-state index in [2.05, 4.69) is 46.7 Å². The van der Waals surface area contributed by atoms with E-state index in [9.17, 15) is 18.0 Å². The summed E-state index contributed by atoms with van der Waals surface area (Å²) in [6, 6.07) is 13.3. The lowest BCUT2D eigenvalue weighted by atomic mass is 9.73. The third-order valence-electron chi connectivity index (χ3n) is 6.54. The summed E-state index contributed by atoms with van der Waals surface area (Å²) in [6.45, 7) is 3.39. The van der Waals surface area contributed by atoms with Crippen molar-refractivity contribution >= 4 is 23.2 Å². The zero-order chi connectivity index (χ0) is 24.2. The van der Waals surface area contributed by atoms with Gasteiger partial charge in [0.2, 0.25) is 5.91 Å². The van der Waals surface area contributed by atoms with E-state index in [1.54, 1.807) is 4.90 Å². The second-order valence-corrected chi connectivity index (χ2v) is 9.95. The summed E-state index contributed by atoms with van der Waals surface area (Å²) < 4.78 is 31.7. The van der Waals surface area contributed by atoms with Gasteiger partial charge in [-0.05, 0) is 66.3 Å². The zero-order valence-electron chi connectivity index (χ0n) is 18.8. The maximum atomic E-state index is 12.3. The number of carboxylic acids is 1. The molecule has 2 heterocycles. The van der Waals surface area contributed by atoms with Crippen molar-refractivity contribution in [2.45, 2.75) is 49.7 Å². The Balaban J connectivity index is 0.000000383. The first-order valence-corrected chi connectivity index (χ1v) is 11.7. The molecule has 1 aromatic carbocycles. The number of rotatable bonds is 4. The lowest BCUT2D eigenvalue weighted by Gasteiger charge is -2.40. The van der Waals surface area contributed by atoms with E-state index >= 15 is 0 Å². The van der Waals surface area contributed by atoms with E-state index < -0.39 is 12.1 Å². The third kappa shape index (κ3) is 6.14. The molecule has 1 fully saturated rings. The number of likely N-dealkylation sites (tertiary alicyclic amines) is 1. The second kappa shape index (κ2) is 10.3. The smallest absolute Gasteiger partial charge is 0.475 e. The molecule has 2 aliphatic rings. The van der Waals surface area contributed by atoms with Crippen molar-refractivity contribution in [1.82, 2.24) is 9.80 Å². The minimum atomic E-state index is -5.08. The highest BCUT2D eigenvalue weighted by atomic mass is 32.1. The molecule has 1 unspecified atom stereocenters. The largest absolute Gasteiger partial charge is 0.490 e. The summed E-state index contributed by atoms with van der Waals surface area (Å²) in [7, 11) is 3.73. The van der Waals surface area contributed by atoms with Crippen LogP contribution < -0.4 is 0 Å². The highest BCUT2D eigenvalue weighted by Gasteiger charge is 2.45. The monoisotopic (exact) mass is 482 g/mol. The van der Waals surface area contributed by atoms with Gasteiger partial charge in [0.1, 0.15) is 0 Å². The maximum Gasteiger partial charge on any atom is 0.490 e. The van der Waals surface area contributed by atoms with Crippen molar-refractivity contribution in [2.24, 2.45) is 0 Å². The van der Waals surface area contributed by atoms with E-state index in [1.807, 2.05) is 25.4 Å². The van der Waals surface area contributed by atoms with Crippen LogP contribution in [0.25, 0.3) is 0 Å². The van der Waals surface area contributed by atoms with Crippen LogP contribution in [0.4, 0.5) is 13.2 Å². The minimum absolute atomic E-state index is 0.247. The molecule has 4 rings (SSSR count). The Labute approximate surface area is 195 Å². The van der Waals surface area contributed by atoms with Gasteiger partial charge in [-0.25, -0.2) is 4.79 Å². The van der Waals surface area contributed by atoms with Crippen LogP contribution in [0.3, 0.4) is 0 Å². The number of carbonyl (C=O) groups is 2. The molecule has 1 amide bonds. The number of fused-ring (bicyclic) bond motifs is 2. The molecule has 1 saturated heterocycles.